The highest BCUT2D eigenvalue weighted by Gasteiger charge is 2.20. The van der Waals surface area contributed by atoms with E-state index in [0.717, 1.165) is 17.6 Å². The van der Waals surface area contributed by atoms with Crippen LogP contribution in [0.2, 0.25) is 5.02 Å². The number of nitrogens with zero attached hydrogens (tertiary/aromatic N) is 4. The van der Waals surface area contributed by atoms with Gasteiger partial charge in [-0.2, -0.15) is 14.7 Å². The lowest BCUT2D eigenvalue weighted by Crippen LogP contribution is -2.13. The van der Waals surface area contributed by atoms with Gasteiger partial charge in [-0.15, -0.1) is 0 Å². The molecule has 0 aliphatic carbocycles. The maximum absolute atomic E-state index is 14.0. The van der Waals surface area contributed by atoms with Crippen molar-refractivity contribution >= 4 is 38.3 Å². The van der Waals surface area contributed by atoms with E-state index in [0.29, 0.717) is 11.3 Å². The fraction of sp³-hybridized carbons (Fsp3) is 0. The summed E-state index contributed by atoms with van der Waals surface area (Å²) in [4.78, 5) is 3.60. The zero-order valence-corrected chi connectivity index (χ0v) is 17.6. The van der Waals surface area contributed by atoms with Crippen LogP contribution in [0.25, 0.3) is 11.3 Å². The molecule has 2 aromatic carbocycles. The molecule has 0 saturated carbocycles. The molecule has 4 rings (SSSR count). The second-order valence-electron chi connectivity index (χ2n) is 5.96. The molecule has 0 aliphatic rings. The predicted molar refractivity (Wildman–Crippen MR) is 111 cm³/mol. The molecule has 0 amide bonds. The van der Waals surface area contributed by atoms with E-state index in [1.165, 1.54) is 36.8 Å². The molecule has 13 heteroatoms. The van der Waals surface area contributed by atoms with Crippen molar-refractivity contribution in [1.82, 2.24) is 19.6 Å². The van der Waals surface area contributed by atoms with E-state index in [4.69, 9.17) is 16.3 Å². The average Bonchev–Trinajstić information content (AvgIpc) is 3.44. The highest BCUT2D eigenvalue weighted by Crippen LogP contribution is 2.37. The predicted octanol–water partition coefficient (Wildman–Crippen LogP) is 4.19. The molecule has 0 atom stereocenters. The Morgan fingerprint density at radius 3 is 2.74 bits per heavy atom. The van der Waals surface area contributed by atoms with Gasteiger partial charge in [-0.25, -0.2) is 17.8 Å². The summed E-state index contributed by atoms with van der Waals surface area (Å²) >= 11 is 6.77. The first-order chi connectivity index (χ1) is 14.9. The van der Waals surface area contributed by atoms with Gasteiger partial charge in [-0.3, -0.25) is 9.82 Å². The second kappa shape index (κ2) is 8.31. The summed E-state index contributed by atoms with van der Waals surface area (Å²) in [6.07, 6.45) is 2.70. The second-order valence-corrected chi connectivity index (χ2v) is 8.83. The van der Waals surface area contributed by atoms with E-state index < -0.39 is 15.8 Å². The summed E-state index contributed by atoms with van der Waals surface area (Å²) in [6.45, 7) is 0. The number of H-pyrrole nitrogens is 1. The van der Waals surface area contributed by atoms with Gasteiger partial charge in [-0.05, 0) is 30.3 Å². The number of halogens is 2. The standard InChI is InChI=1S/C18H10ClFN6O3S2/c19-13-7-17(12(6-14(13)20)15-3-4-23-25-15)29-16-2-1-11(5-10(16)8-21)31(27,28)26-18-22-9-24-30-18/h1-7,9H,(H,23,25)(H,22,24,26). The minimum absolute atomic E-state index is 0.0563. The molecule has 2 heterocycles. The third kappa shape index (κ3) is 4.33. The van der Waals surface area contributed by atoms with E-state index >= 15 is 0 Å². The van der Waals surface area contributed by atoms with E-state index in [-0.39, 0.29) is 32.1 Å². The fourth-order valence-corrected chi connectivity index (χ4v) is 4.43. The Balaban J connectivity index is 1.71. The Morgan fingerprint density at radius 2 is 2.06 bits per heavy atom. The summed E-state index contributed by atoms with van der Waals surface area (Å²) in [5, 5.41) is 16.0. The van der Waals surface area contributed by atoms with Gasteiger partial charge in [0.05, 0.1) is 21.2 Å². The van der Waals surface area contributed by atoms with Crippen LogP contribution in [-0.2, 0) is 10.0 Å². The average molecular weight is 477 g/mol. The van der Waals surface area contributed by atoms with E-state index in [2.05, 4.69) is 24.3 Å². The van der Waals surface area contributed by atoms with Crippen molar-refractivity contribution in [2.24, 2.45) is 0 Å². The van der Waals surface area contributed by atoms with Crippen molar-refractivity contribution < 1.29 is 17.5 Å². The normalized spacial score (nSPS) is 11.1. The Morgan fingerprint density at radius 1 is 1.23 bits per heavy atom. The number of anilines is 1. The lowest BCUT2D eigenvalue weighted by Gasteiger charge is -2.13. The number of aromatic amines is 1. The molecule has 0 aliphatic heterocycles. The molecule has 0 unspecified atom stereocenters. The summed E-state index contributed by atoms with van der Waals surface area (Å²) in [7, 11) is -3.99. The van der Waals surface area contributed by atoms with Crippen LogP contribution >= 0.6 is 23.1 Å². The smallest absolute Gasteiger partial charge is 0.263 e. The van der Waals surface area contributed by atoms with Crippen molar-refractivity contribution in [2.45, 2.75) is 4.90 Å². The molecule has 2 N–H and O–H groups in total. The number of hydrogen-bond donors (Lipinski definition) is 2. The van der Waals surface area contributed by atoms with Crippen LogP contribution in [-0.4, -0.2) is 28.0 Å². The monoisotopic (exact) mass is 476 g/mol. The molecule has 156 valence electrons. The van der Waals surface area contributed by atoms with Crippen molar-refractivity contribution in [3.63, 3.8) is 0 Å². The molecule has 9 nitrogen and oxygen atoms in total. The quantitative estimate of drug-likeness (QED) is 0.426. The summed E-state index contributed by atoms with van der Waals surface area (Å²) in [5.74, 6) is -0.459. The van der Waals surface area contributed by atoms with Gasteiger partial charge in [-0.1, -0.05) is 11.6 Å². The number of aromatic nitrogens is 4. The molecular weight excluding hydrogens is 467 g/mol. The SMILES string of the molecule is N#Cc1cc(S(=O)(=O)Nc2ncns2)ccc1Oc1cc(Cl)c(F)cc1-c1ccn[nH]1. The lowest BCUT2D eigenvalue weighted by atomic mass is 10.1. The molecule has 0 radical (unpaired) electrons. The fourth-order valence-electron chi connectivity index (χ4n) is 2.59. The van der Waals surface area contributed by atoms with Crippen molar-refractivity contribution in [2.75, 3.05) is 4.72 Å². The van der Waals surface area contributed by atoms with Crippen LogP contribution in [0.4, 0.5) is 9.52 Å². The van der Waals surface area contributed by atoms with Crippen LogP contribution in [0.5, 0.6) is 11.5 Å². The van der Waals surface area contributed by atoms with Crippen molar-refractivity contribution in [3.05, 3.63) is 65.3 Å². The van der Waals surface area contributed by atoms with Gasteiger partial charge in [0.25, 0.3) is 10.0 Å². The summed E-state index contributed by atoms with van der Waals surface area (Å²) in [6, 6.07) is 9.67. The molecule has 2 aromatic heterocycles. The number of nitrogens with one attached hydrogen (secondary N) is 2. The molecular formula is C18H10ClFN6O3S2. The van der Waals surface area contributed by atoms with Crippen LogP contribution in [0, 0.1) is 17.1 Å². The van der Waals surface area contributed by atoms with Crippen LogP contribution in [0.15, 0.2) is 53.8 Å². The van der Waals surface area contributed by atoms with Crippen molar-refractivity contribution in [1.29, 1.82) is 5.26 Å². The minimum Gasteiger partial charge on any atom is -0.455 e. The number of rotatable bonds is 6. The van der Waals surface area contributed by atoms with Gasteiger partial charge >= 0.3 is 0 Å². The van der Waals surface area contributed by atoms with Crippen LogP contribution < -0.4 is 9.46 Å². The highest BCUT2D eigenvalue weighted by atomic mass is 35.5. The first kappa shape index (κ1) is 20.7. The highest BCUT2D eigenvalue weighted by molar-refractivity contribution is 7.93. The Hall–Kier alpha value is -3.53. The number of ether oxygens (including phenoxy) is 1. The molecule has 4 aromatic rings. The molecule has 0 saturated heterocycles. The minimum atomic E-state index is -3.99. The Bertz CT molecular complexity index is 1390. The van der Waals surface area contributed by atoms with Gasteiger partial charge < -0.3 is 4.74 Å². The van der Waals surface area contributed by atoms with Gasteiger partial charge in [0.2, 0.25) is 5.13 Å². The van der Waals surface area contributed by atoms with Crippen molar-refractivity contribution in [3.8, 4) is 28.8 Å². The maximum Gasteiger partial charge on any atom is 0.263 e. The maximum atomic E-state index is 14.0. The molecule has 0 bridgehead atoms. The van der Waals surface area contributed by atoms with Gasteiger partial charge in [0, 0.05) is 29.4 Å². The largest absolute Gasteiger partial charge is 0.455 e. The van der Waals surface area contributed by atoms with E-state index in [1.807, 2.05) is 6.07 Å². The molecule has 31 heavy (non-hydrogen) atoms. The first-order valence-electron chi connectivity index (χ1n) is 8.37. The number of benzene rings is 2. The van der Waals surface area contributed by atoms with Crippen LogP contribution in [0.3, 0.4) is 0 Å². The van der Waals surface area contributed by atoms with Gasteiger partial charge in [0.15, 0.2) is 0 Å². The molecule has 0 fully saturated rings. The van der Waals surface area contributed by atoms with E-state index in [1.54, 1.807) is 6.07 Å². The zero-order valence-electron chi connectivity index (χ0n) is 15.2. The number of sulfonamides is 1. The van der Waals surface area contributed by atoms with E-state index in [9.17, 15) is 18.1 Å². The first-order valence-corrected chi connectivity index (χ1v) is 11.0. The molecule has 0 spiro atoms. The lowest BCUT2D eigenvalue weighted by molar-refractivity contribution is 0.480. The van der Waals surface area contributed by atoms with Gasteiger partial charge in [0.1, 0.15) is 29.7 Å². The summed E-state index contributed by atoms with van der Waals surface area (Å²) in [5.41, 5.74) is 0.721. The van der Waals surface area contributed by atoms with Crippen LogP contribution in [0.1, 0.15) is 5.56 Å². The Labute approximate surface area is 184 Å². The number of nitriles is 1. The summed E-state index contributed by atoms with van der Waals surface area (Å²) < 4.78 is 50.9. The number of hydrogen-bond acceptors (Lipinski definition) is 8. The topological polar surface area (TPSA) is 134 Å². The third-order valence-electron chi connectivity index (χ3n) is 4.00. The Kier molecular flexibility index (Phi) is 5.55. The zero-order chi connectivity index (χ0) is 22.0. The third-order valence-corrected chi connectivity index (χ3v) is 6.33.